The fraction of sp³-hybridized carbons (Fsp3) is 0.667. The second-order valence-electron chi connectivity index (χ2n) is 2.07. The van der Waals surface area contributed by atoms with Gasteiger partial charge in [0.1, 0.15) is 6.29 Å². The Kier molecular flexibility index (Phi) is 1.50. The van der Waals surface area contributed by atoms with Crippen LogP contribution < -0.4 is 0 Å². The minimum atomic E-state index is -0.188. The second kappa shape index (κ2) is 2.16. The fourth-order valence-electron chi connectivity index (χ4n) is 0.931. The molecular weight excluding hydrogens is 118 g/mol. The molecule has 1 aliphatic carbocycles. The third kappa shape index (κ3) is 0.816. The highest BCUT2D eigenvalue weighted by Crippen LogP contribution is 2.38. The van der Waals surface area contributed by atoms with Gasteiger partial charge in [0, 0.05) is 7.11 Å². The zero-order valence-electron chi connectivity index (χ0n) is 5.07. The van der Waals surface area contributed by atoms with Crippen molar-refractivity contribution in [2.24, 2.45) is 11.8 Å². The van der Waals surface area contributed by atoms with E-state index in [-0.39, 0.29) is 17.9 Å². The molecule has 0 bridgehead atoms. The molecular formula is C6H7NO2. The molecule has 0 aliphatic heterocycles. The van der Waals surface area contributed by atoms with E-state index in [4.69, 9.17) is 10.00 Å². The molecule has 1 aliphatic rings. The van der Waals surface area contributed by atoms with Crippen LogP contribution in [-0.2, 0) is 9.53 Å². The summed E-state index contributed by atoms with van der Waals surface area (Å²) in [6, 6.07) is 1.98. The van der Waals surface area contributed by atoms with E-state index in [1.54, 1.807) is 0 Å². The summed E-state index contributed by atoms with van der Waals surface area (Å²) in [6.07, 6.45) is 0.648. The lowest BCUT2D eigenvalue weighted by molar-refractivity contribution is -0.109. The number of ether oxygens (including phenoxy) is 1. The molecule has 3 nitrogen and oxygen atoms in total. The van der Waals surface area contributed by atoms with Crippen LogP contribution in [0.1, 0.15) is 0 Å². The van der Waals surface area contributed by atoms with Crippen molar-refractivity contribution in [1.82, 2.24) is 0 Å². The van der Waals surface area contributed by atoms with Crippen molar-refractivity contribution < 1.29 is 9.53 Å². The van der Waals surface area contributed by atoms with E-state index in [9.17, 15) is 4.79 Å². The van der Waals surface area contributed by atoms with E-state index < -0.39 is 0 Å². The van der Waals surface area contributed by atoms with Crippen molar-refractivity contribution in [2.45, 2.75) is 6.10 Å². The number of aldehydes is 1. The largest absolute Gasteiger partial charge is 0.379 e. The average molecular weight is 125 g/mol. The molecule has 0 saturated heterocycles. The van der Waals surface area contributed by atoms with Gasteiger partial charge in [0.25, 0.3) is 0 Å². The monoisotopic (exact) mass is 125 g/mol. The molecule has 0 heterocycles. The Hall–Kier alpha value is -0.880. The Labute approximate surface area is 53.2 Å². The Bertz CT molecular complexity index is 161. The first-order chi connectivity index (χ1) is 4.35. The first kappa shape index (κ1) is 6.24. The topological polar surface area (TPSA) is 50.1 Å². The molecule has 48 valence electrons. The van der Waals surface area contributed by atoms with Crippen LogP contribution in [0, 0.1) is 23.2 Å². The zero-order chi connectivity index (χ0) is 6.85. The number of hydrogen-bond donors (Lipinski definition) is 0. The van der Waals surface area contributed by atoms with Gasteiger partial charge in [0.2, 0.25) is 0 Å². The second-order valence-corrected chi connectivity index (χ2v) is 2.07. The summed E-state index contributed by atoms with van der Waals surface area (Å²) < 4.78 is 4.81. The Morgan fingerprint density at radius 1 is 1.78 bits per heavy atom. The molecule has 1 rings (SSSR count). The number of nitrogens with zero attached hydrogens (tertiary/aromatic N) is 1. The quantitative estimate of drug-likeness (QED) is 0.487. The van der Waals surface area contributed by atoms with Crippen molar-refractivity contribution in [1.29, 1.82) is 5.26 Å². The maximum Gasteiger partial charge on any atom is 0.127 e. The molecule has 3 heteroatoms. The van der Waals surface area contributed by atoms with Gasteiger partial charge < -0.3 is 9.53 Å². The van der Waals surface area contributed by atoms with E-state index >= 15 is 0 Å². The minimum absolute atomic E-state index is 0.132. The van der Waals surface area contributed by atoms with Crippen LogP contribution in [0.15, 0.2) is 0 Å². The third-order valence-corrected chi connectivity index (χ3v) is 1.59. The Morgan fingerprint density at radius 3 is 2.56 bits per heavy atom. The van der Waals surface area contributed by atoms with Crippen LogP contribution in [0.4, 0.5) is 0 Å². The summed E-state index contributed by atoms with van der Waals surface area (Å²) in [4.78, 5) is 10.1. The third-order valence-electron chi connectivity index (χ3n) is 1.59. The number of carbonyl (C=O) groups is 1. The van der Waals surface area contributed by atoms with Gasteiger partial charge in [-0.15, -0.1) is 0 Å². The van der Waals surface area contributed by atoms with Gasteiger partial charge in [0.15, 0.2) is 0 Å². The highest BCUT2D eigenvalue weighted by atomic mass is 16.5. The van der Waals surface area contributed by atoms with Crippen molar-refractivity contribution >= 4 is 6.29 Å². The number of hydrogen-bond acceptors (Lipinski definition) is 3. The van der Waals surface area contributed by atoms with Crippen LogP contribution in [0.25, 0.3) is 0 Å². The fourth-order valence-corrected chi connectivity index (χ4v) is 0.931. The maximum atomic E-state index is 10.1. The number of carbonyl (C=O) groups excluding carboxylic acids is 1. The van der Waals surface area contributed by atoms with Crippen LogP contribution in [0.5, 0.6) is 0 Å². The van der Waals surface area contributed by atoms with Gasteiger partial charge in [-0.05, 0) is 0 Å². The summed E-state index contributed by atoms with van der Waals surface area (Å²) in [5.41, 5.74) is 0. The number of methoxy groups -OCH3 is 1. The normalized spacial score (nSPS) is 39.3. The lowest BCUT2D eigenvalue weighted by Crippen LogP contribution is -1.91. The molecule has 0 unspecified atom stereocenters. The average Bonchev–Trinajstić information content (AvgIpc) is 2.59. The van der Waals surface area contributed by atoms with Gasteiger partial charge in [0.05, 0.1) is 24.0 Å². The van der Waals surface area contributed by atoms with Crippen LogP contribution in [-0.4, -0.2) is 19.5 Å². The van der Waals surface area contributed by atoms with E-state index in [0.29, 0.717) is 0 Å². The lowest BCUT2D eigenvalue weighted by Gasteiger charge is -1.85. The Morgan fingerprint density at radius 2 is 2.44 bits per heavy atom. The molecule has 0 amide bonds. The summed E-state index contributed by atoms with van der Waals surface area (Å²) in [6.45, 7) is 0. The molecule has 1 saturated carbocycles. The standard InChI is InChI=1S/C6H7NO2/c1-9-6-4(2-7)5(6)3-8/h3-6H,1H3/t4-,5+,6+/m0/s1. The van der Waals surface area contributed by atoms with Gasteiger partial charge >= 0.3 is 0 Å². The van der Waals surface area contributed by atoms with E-state index in [1.165, 1.54) is 7.11 Å². The van der Waals surface area contributed by atoms with E-state index in [0.717, 1.165) is 6.29 Å². The summed E-state index contributed by atoms with van der Waals surface area (Å²) >= 11 is 0. The molecule has 0 spiro atoms. The molecule has 0 aromatic rings. The predicted molar refractivity (Wildman–Crippen MR) is 29.5 cm³/mol. The zero-order valence-corrected chi connectivity index (χ0v) is 5.07. The molecule has 0 aromatic heterocycles. The van der Waals surface area contributed by atoms with Crippen LogP contribution in [0.2, 0.25) is 0 Å². The maximum absolute atomic E-state index is 10.1. The highest BCUT2D eigenvalue weighted by Gasteiger charge is 2.51. The van der Waals surface area contributed by atoms with Gasteiger partial charge in [-0.3, -0.25) is 0 Å². The first-order valence-corrected chi connectivity index (χ1v) is 2.73. The predicted octanol–water partition coefficient (Wildman–Crippen LogP) is -0.0301. The van der Waals surface area contributed by atoms with Gasteiger partial charge in [-0.1, -0.05) is 0 Å². The summed E-state index contributed by atoms with van der Waals surface area (Å²) in [5.74, 6) is -0.354. The molecule has 0 N–H and O–H groups in total. The first-order valence-electron chi connectivity index (χ1n) is 2.73. The van der Waals surface area contributed by atoms with Crippen molar-refractivity contribution in [3.8, 4) is 6.07 Å². The molecule has 9 heavy (non-hydrogen) atoms. The SMILES string of the molecule is CO[C@@H]1[C@@H](C#N)[C@H]1C=O. The van der Waals surface area contributed by atoms with Crippen LogP contribution >= 0.6 is 0 Å². The van der Waals surface area contributed by atoms with Crippen LogP contribution in [0.3, 0.4) is 0 Å². The van der Waals surface area contributed by atoms with Crippen molar-refractivity contribution in [2.75, 3.05) is 7.11 Å². The Balaban J connectivity index is 2.46. The minimum Gasteiger partial charge on any atom is -0.379 e. The smallest absolute Gasteiger partial charge is 0.127 e. The molecule has 3 atom stereocenters. The van der Waals surface area contributed by atoms with Gasteiger partial charge in [-0.25, -0.2) is 0 Å². The molecule has 0 aromatic carbocycles. The number of nitriles is 1. The van der Waals surface area contributed by atoms with Gasteiger partial charge in [-0.2, -0.15) is 5.26 Å². The highest BCUT2D eigenvalue weighted by molar-refractivity contribution is 5.61. The van der Waals surface area contributed by atoms with Crippen molar-refractivity contribution in [3.63, 3.8) is 0 Å². The van der Waals surface area contributed by atoms with Crippen molar-refractivity contribution in [3.05, 3.63) is 0 Å². The van der Waals surface area contributed by atoms with E-state index in [2.05, 4.69) is 0 Å². The summed E-state index contributed by atoms with van der Waals surface area (Å²) in [5, 5.41) is 8.32. The molecule has 1 fully saturated rings. The molecule has 0 radical (unpaired) electrons. The summed E-state index contributed by atoms with van der Waals surface area (Å²) in [7, 11) is 1.51. The number of rotatable bonds is 2. The van der Waals surface area contributed by atoms with E-state index in [1.807, 2.05) is 6.07 Å². The lowest BCUT2D eigenvalue weighted by atomic mass is 10.4.